The third-order valence-corrected chi connectivity index (χ3v) is 4.17. The summed E-state index contributed by atoms with van der Waals surface area (Å²) in [7, 11) is 3.54. The Hall–Kier alpha value is -1.55. The van der Waals surface area contributed by atoms with Crippen molar-refractivity contribution in [3.05, 3.63) is 29.8 Å². The summed E-state index contributed by atoms with van der Waals surface area (Å²) in [6.45, 7) is 0.697. The monoisotopic (exact) mass is 276 g/mol. The van der Waals surface area contributed by atoms with E-state index in [0.29, 0.717) is 6.54 Å². The minimum absolute atomic E-state index is 0.0117. The van der Waals surface area contributed by atoms with Crippen LogP contribution in [0, 0.1) is 5.92 Å². The number of methoxy groups -OCH3 is 1. The minimum atomic E-state index is 0.0117. The van der Waals surface area contributed by atoms with Gasteiger partial charge in [-0.15, -0.1) is 0 Å². The predicted molar refractivity (Wildman–Crippen MR) is 79.7 cm³/mol. The lowest BCUT2D eigenvalue weighted by Gasteiger charge is -2.23. The van der Waals surface area contributed by atoms with Crippen LogP contribution in [0.5, 0.6) is 5.75 Å². The molecule has 0 heterocycles. The normalized spacial score (nSPS) is 21.8. The molecule has 1 aliphatic rings. The van der Waals surface area contributed by atoms with Gasteiger partial charge in [-0.05, 0) is 30.9 Å². The van der Waals surface area contributed by atoms with Crippen molar-refractivity contribution in [1.82, 2.24) is 4.90 Å². The number of ether oxygens (including phenoxy) is 1. The number of likely N-dealkylation sites (N-methyl/N-ethyl adjacent to an activating group) is 1. The first-order valence-corrected chi connectivity index (χ1v) is 7.26. The number of nitrogens with zero attached hydrogens (tertiary/aromatic N) is 1. The van der Waals surface area contributed by atoms with Gasteiger partial charge in [0.1, 0.15) is 5.75 Å². The lowest BCUT2D eigenvalue weighted by molar-refractivity contribution is -0.134. The molecule has 1 amide bonds. The molecule has 110 valence electrons. The van der Waals surface area contributed by atoms with E-state index >= 15 is 0 Å². The fourth-order valence-corrected chi connectivity index (χ4v) is 2.89. The first-order chi connectivity index (χ1) is 9.63. The smallest absolute Gasteiger partial charge is 0.226 e. The summed E-state index contributed by atoms with van der Waals surface area (Å²) in [4.78, 5) is 14.2. The van der Waals surface area contributed by atoms with E-state index in [1.165, 1.54) is 0 Å². The van der Waals surface area contributed by atoms with Crippen LogP contribution in [0.4, 0.5) is 0 Å². The van der Waals surface area contributed by atoms with E-state index in [1.807, 2.05) is 36.2 Å². The Morgan fingerprint density at radius 3 is 2.80 bits per heavy atom. The van der Waals surface area contributed by atoms with Gasteiger partial charge in [0.2, 0.25) is 5.91 Å². The molecule has 0 saturated heterocycles. The van der Waals surface area contributed by atoms with Crippen molar-refractivity contribution in [3.8, 4) is 5.75 Å². The molecule has 1 fully saturated rings. The van der Waals surface area contributed by atoms with E-state index in [4.69, 9.17) is 10.5 Å². The lowest BCUT2D eigenvalue weighted by atomic mass is 10.0. The maximum Gasteiger partial charge on any atom is 0.226 e. The van der Waals surface area contributed by atoms with Gasteiger partial charge in [-0.2, -0.15) is 0 Å². The molecule has 1 aromatic rings. The highest BCUT2D eigenvalue weighted by atomic mass is 16.5. The summed E-state index contributed by atoms with van der Waals surface area (Å²) in [5, 5.41) is 0. The summed E-state index contributed by atoms with van der Waals surface area (Å²) in [5.74, 6) is 1.08. The number of rotatable bonds is 5. The zero-order chi connectivity index (χ0) is 14.5. The highest BCUT2D eigenvalue weighted by Gasteiger charge is 2.31. The van der Waals surface area contributed by atoms with Crippen LogP contribution in [0.3, 0.4) is 0 Å². The number of hydrogen-bond acceptors (Lipinski definition) is 3. The molecule has 0 spiro atoms. The second-order valence-electron chi connectivity index (χ2n) is 5.52. The summed E-state index contributed by atoms with van der Waals surface area (Å²) in [5.41, 5.74) is 7.13. The maximum atomic E-state index is 12.3. The molecule has 2 unspecified atom stereocenters. The maximum absolute atomic E-state index is 12.3. The van der Waals surface area contributed by atoms with Crippen molar-refractivity contribution < 1.29 is 9.53 Å². The van der Waals surface area contributed by atoms with Crippen molar-refractivity contribution >= 4 is 5.91 Å². The molecule has 1 aromatic carbocycles. The predicted octanol–water partition coefficient (Wildman–Crippen LogP) is 1.82. The number of amides is 1. The summed E-state index contributed by atoms with van der Waals surface area (Å²) < 4.78 is 5.33. The van der Waals surface area contributed by atoms with Crippen molar-refractivity contribution in [2.45, 2.75) is 31.7 Å². The molecule has 20 heavy (non-hydrogen) atoms. The van der Waals surface area contributed by atoms with Gasteiger partial charge >= 0.3 is 0 Å². The van der Waals surface area contributed by atoms with Crippen molar-refractivity contribution in [1.29, 1.82) is 0 Å². The Labute approximate surface area is 120 Å². The second kappa shape index (κ2) is 6.75. The van der Waals surface area contributed by atoms with Crippen molar-refractivity contribution in [2.24, 2.45) is 11.7 Å². The largest absolute Gasteiger partial charge is 0.496 e. The molecular formula is C16H24N2O2. The van der Waals surface area contributed by atoms with Crippen LogP contribution in [0.2, 0.25) is 0 Å². The highest BCUT2D eigenvalue weighted by Crippen LogP contribution is 2.26. The molecule has 1 aliphatic carbocycles. The molecule has 1 saturated carbocycles. The Kier molecular flexibility index (Phi) is 5.01. The second-order valence-corrected chi connectivity index (χ2v) is 5.52. The fourth-order valence-electron chi connectivity index (χ4n) is 2.89. The number of carbonyl (C=O) groups is 1. The first kappa shape index (κ1) is 14.9. The van der Waals surface area contributed by atoms with Crippen LogP contribution < -0.4 is 10.5 Å². The Morgan fingerprint density at radius 2 is 2.15 bits per heavy atom. The Bertz CT molecular complexity index is 462. The van der Waals surface area contributed by atoms with Crippen LogP contribution >= 0.6 is 0 Å². The summed E-state index contributed by atoms with van der Waals surface area (Å²) in [6, 6.07) is 7.97. The molecule has 2 atom stereocenters. The van der Waals surface area contributed by atoms with Gasteiger partial charge in [0.05, 0.1) is 13.0 Å². The number of carbonyl (C=O) groups excluding carboxylic acids is 1. The minimum Gasteiger partial charge on any atom is -0.496 e. The first-order valence-electron chi connectivity index (χ1n) is 7.26. The van der Waals surface area contributed by atoms with E-state index < -0.39 is 0 Å². The molecular weight excluding hydrogens is 252 g/mol. The van der Waals surface area contributed by atoms with Gasteiger partial charge in [0.25, 0.3) is 0 Å². The number of benzene rings is 1. The molecule has 0 bridgehead atoms. The molecule has 4 nitrogen and oxygen atoms in total. The standard InChI is InChI=1S/C16H24N2O2/c1-18(16(19)13-7-5-8-14(13)17)11-10-12-6-3-4-9-15(12)20-2/h3-4,6,9,13-14H,5,7-8,10-11,17H2,1-2H3. The molecule has 2 N–H and O–H groups in total. The van der Waals surface area contributed by atoms with E-state index in [9.17, 15) is 4.79 Å². The van der Waals surface area contributed by atoms with Gasteiger partial charge < -0.3 is 15.4 Å². The van der Waals surface area contributed by atoms with E-state index in [0.717, 1.165) is 37.0 Å². The van der Waals surface area contributed by atoms with Gasteiger partial charge in [-0.25, -0.2) is 0 Å². The number of nitrogens with two attached hydrogens (primary N) is 1. The average molecular weight is 276 g/mol. The average Bonchev–Trinajstić information content (AvgIpc) is 2.90. The van der Waals surface area contributed by atoms with E-state index in [2.05, 4.69) is 0 Å². The number of para-hydroxylation sites is 1. The quantitative estimate of drug-likeness (QED) is 0.892. The third kappa shape index (κ3) is 3.31. The summed E-state index contributed by atoms with van der Waals surface area (Å²) in [6.07, 6.45) is 3.77. The number of hydrogen-bond donors (Lipinski definition) is 1. The van der Waals surface area contributed by atoms with Crippen molar-refractivity contribution in [3.63, 3.8) is 0 Å². The van der Waals surface area contributed by atoms with Crippen molar-refractivity contribution in [2.75, 3.05) is 20.7 Å². The molecule has 4 heteroatoms. The Balaban J connectivity index is 1.91. The van der Waals surface area contributed by atoms with Crippen LogP contribution in [-0.4, -0.2) is 37.6 Å². The fraction of sp³-hybridized carbons (Fsp3) is 0.562. The molecule has 0 aromatic heterocycles. The zero-order valence-electron chi connectivity index (χ0n) is 12.3. The molecule has 2 rings (SSSR count). The van der Waals surface area contributed by atoms with Crippen LogP contribution in [-0.2, 0) is 11.2 Å². The van der Waals surface area contributed by atoms with Gasteiger partial charge in [-0.1, -0.05) is 24.6 Å². The van der Waals surface area contributed by atoms with Gasteiger partial charge in [0, 0.05) is 19.6 Å². The highest BCUT2D eigenvalue weighted by molar-refractivity contribution is 5.79. The Morgan fingerprint density at radius 1 is 1.40 bits per heavy atom. The molecule has 0 aliphatic heterocycles. The van der Waals surface area contributed by atoms with Crippen LogP contribution in [0.25, 0.3) is 0 Å². The topological polar surface area (TPSA) is 55.6 Å². The van der Waals surface area contributed by atoms with Gasteiger partial charge in [-0.3, -0.25) is 4.79 Å². The summed E-state index contributed by atoms with van der Waals surface area (Å²) >= 11 is 0. The van der Waals surface area contributed by atoms with Crippen LogP contribution in [0.1, 0.15) is 24.8 Å². The van der Waals surface area contributed by atoms with Gasteiger partial charge in [0.15, 0.2) is 0 Å². The van der Waals surface area contributed by atoms with E-state index in [1.54, 1.807) is 7.11 Å². The van der Waals surface area contributed by atoms with E-state index in [-0.39, 0.29) is 17.9 Å². The lowest BCUT2D eigenvalue weighted by Crippen LogP contribution is -2.40. The van der Waals surface area contributed by atoms with Crippen LogP contribution in [0.15, 0.2) is 24.3 Å². The SMILES string of the molecule is COc1ccccc1CCN(C)C(=O)C1CCCC1N. The third-order valence-electron chi connectivity index (χ3n) is 4.17. The molecule has 0 radical (unpaired) electrons. The zero-order valence-corrected chi connectivity index (χ0v) is 12.3.